The smallest absolute Gasteiger partial charge is 0.158 e. The molecule has 90 valence electrons. The Kier molecular flexibility index (Phi) is 2.61. The van der Waals surface area contributed by atoms with Crippen molar-refractivity contribution in [1.82, 2.24) is 19.5 Å². The van der Waals surface area contributed by atoms with Gasteiger partial charge in [0.2, 0.25) is 0 Å². The van der Waals surface area contributed by atoms with Crippen LogP contribution in [-0.4, -0.2) is 19.5 Å². The molecule has 0 saturated carbocycles. The fourth-order valence-electron chi connectivity index (χ4n) is 1.53. The molecule has 0 aliphatic heterocycles. The summed E-state index contributed by atoms with van der Waals surface area (Å²) in [7, 11) is 1.93. The van der Waals surface area contributed by atoms with Crippen LogP contribution in [0.15, 0.2) is 18.5 Å². The molecule has 0 saturated heterocycles. The van der Waals surface area contributed by atoms with E-state index in [0.29, 0.717) is 5.82 Å². The predicted octanol–water partition coefficient (Wildman–Crippen LogP) is 1.76. The summed E-state index contributed by atoms with van der Waals surface area (Å²) in [6.07, 6.45) is 3.62. The molecule has 2 aromatic heterocycles. The third-order valence-corrected chi connectivity index (χ3v) is 2.47. The standard InChI is InChI=1S/C12H17N5/c1-12(2,3)11-15-8(7-9(13)16-11)10-14-5-6-17(10)4/h5-7H,1-4H3,(H2,13,15,16). The van der Waals surface area contributed by atoms with Crippen molar-refractivity contribution in [2.24, 2.45) is 7.05 Å². The number of nitrogen functional groups attached to an aromatic ring is 1. The molecule has 2 heterocycles. The Hall–Kier alpha value is -1.91. The molecule has 0 unspecified atom stereocenters. The van der Waals surface area contributed by atoms with Gasteiger partial charge < -0.3 is 10.3 Å². The molecule has 2 rings (SSSR count). The minimum absolute atomic E-state index is 0.130. The lowest BCUT2D eigenvalue weighted by molar-refractivity contribution is 0.546. The number of nitrogens with two attached hydrogens (primary N) is 1. The Labute approximate surface area is 101 Å². The van der Waals surface area contributed by atoms with E-state index in [4.69, 9.17) is 5.73 Å². The van der Waals surface area contributed by atoms with Gasteiger partial charge in [-0.2, -0.15) is 0 Å². The molecular weight excluding hydrogens is 214 g/mol. The first-order chi connectivity index (χ1) is 7.88. The van der Waals surface area contributed by atoms with Crippen molar-refractivity contribution in [3.05, 3.63) is 24.3 Å². The van der Waals surface area contributed by atoms with E-state index in [0.717, 1.165) is 17.3 Å². The Morgan fingerprint density at radius 2 is 1.94 bits per heavy atom. The second kappa shape index (κ2) is 3.84. The van der Waals surface area contributed by atoms with Gasteiger partial charge in [0.1, 0.15) is 17.3 Å². The summed E-state index contributed by atoms with van der Waals surface area (Å²) in [5.74, 6) is 2.00. The zero-order valence-electron chi connectivity index (χ0n) is 10.6. The molecule has 2 aromatic rings. The summed E-state index contributed by atoms with van der Waals surface area (Å²) >= 11 is 0. The maximum atomic E-state index is 5.82. The van der Waals surface area contributed by atoms with Gasteiger partial charge in [0.15, 0.2) is 5.82 Å². The SMILES string of the molecule is Cn1ccnc1-c1cc(N)nc(C(C)(C)C)n1. The van der Waals surface area contributed by atoms with E-state index >= 15 is 0 Å². The molecule has 5 nitrogen and oxygen atoms in total. The molecule has 0 radical (unpaired) electrons. The second-order valence-electron chi connectivity index (χ2n) is 5.11. The molecule has 0 bridgehead atoms. The van der Waals surface area contributed by atoms with Crippen molar-refractivity contribution in [2.45, 2.75) is 26.2 Å². The van der Waals surface area contributed by atoms with Gasteiger partial charge in [-0.1, -0.05) is 20.8 Å². The summed E-state index contributed by atoms with van der Waals surface area (Å²) < 4.78 is 1.91. The number of anilines is 1. The number of rotatable bonds is 1. The van der Waals surface area contributed by atoms with Crippen LogP contribution in [0.25, 0.3) is 11.5 Å². The number of aromatic nitrogens is 4. The van der Waals surface area contributed by atoms with E-state index < -0.39 is 0 Å². The number of hydrogen-bond donors (Lipinski definition) is 1. The van der Waals surface area contributed by atoms with Crippen molar-refractivity contribution >= 4 is 5.82 Å². The minimum Gasteiger partial charge on any atom is -0.384 e. The van der Waals surface area contributed by atoms with Crippen molar-refractivity contribution in [2.75, 3.05) is 5.73 Å². The topological polar surface area (TPSA) is 69.6 Å². The highest BCUT2D eigenvalue weighted by Crippen LogP contribution is 2.23. The van der Waals surface area contributed by atoms with Crippen LogP contribution in [0, 0.1) is 0 Å². The van der Waals surface area contributed by atoms with Gasteiger partial charge in [-0.15, -0.1) is 0 Å². The average molecular weight is 231 g/mol. The molecule has 0 spiro atoms. The molecule has 0 atom stereocenters. The van der Waals surface area contributed by atoms with E-state index in [2.05, 4.69) is 35.7 Å². The molecule has 0 aliphatic rings. The first kappa shape index (κ1) is 11.6. The fraction of sp³-hybridized carbons (Fsp3) is 0.417. The van der Waals surface area contributed by atoms with Crippen molar-refractivity contribution < 1.29 is 0 Å². The zero-order chi connectivity index (χ0) is 12.6. The van der Waals surface area contributed by atoms with E-state index in [1.54, 1.807) is 12.3 Å². The van der Waals surface area contributed by atoms with Crippen molar-refractivity contribution in [1.29, 1.82) is 0 Å². The molecule has 2 N–H and O–H groups in total. The van der Waals surface area contributed by atoms with Crippen molar-refractivity contribution in [3.8, 4) is 11.5 Å². The van der Waals surface area contributed by atoms with E-state index in [1.807, 2.05) is 17.8 Å². The number of nitrogens with zero attached hydrogens (tertiary/aromatic N) is 4. The lowest BCUT2D eigenvalue weighted by Crippen LogP contribution is -2.17. The van der Waals surface area contributed by atoms with Crippen LogP contribution in [0.2, 0.25) is 0 Å². The summed E-state index contributed by atoms with van der Waals surface area (Å²) in [6, 6.07) is 1.75. The maximum absolute atomic E-state index is 5.82. The lowest BCUT2D eigenvalue weighted by Gasteiger charge is -2.17. The van der Waals surface area contributed by atoms with Gasteiger partial charge in [-0.05, 0) is 0 Å². The highest BCUT2D eigenvalue weighted by atomic mass is 15.1. The summed E-state index contributed by atoms with van der Waals surface area (Å²) in [6.45, 7) is 6.18. The number of imidazole rings is 1. The minimum atomic E-state index is -0.130. The average Bonchev–Trinajstić information content (AvgIpc) is 2.62. The van der Waals surface area contributed by atoms with Gasteiger partial charge in [-0.25, -0.2) is 15.0 Å². The van der Waals surface area contributed by atoms with Crippen LogP contribution in [-0.2, 0) is 12.5 Å². The maximum Gasteiger partial charge on any atom is 0.158 e. The Morgan fingerprint density at radius 3 is 2.47 bits per heavy atom. The largest absolute Gasteiger partial charge is 0.384 e. The highest BCUT2D eigenvalue weighted by molar-refractivity contribution is 5.54. The summed E-state index contributed by atoms with van der Waals surface area (Å²) in [5, 5.41) is 0. The predicted molar refractivity (Wildman–Crippen MR) is 67.3 cm³/mol. The van der Waals surface area contributed by atoms with E-state index in [9.17, 15) is 0 Å². The van der Waals surface area contributed by atoms with Crippen LogP contribution in [0.3, 0.4) is 0 Å². The Morgan fingerprint density at radius 1 is 1.24 bits per heavy atom. The molecule has 0 aromatic carbocycles. The van der Waals surface area contributed by atoms with E-state index in [1.165, 1.54) is 0 Å². The van der Waals surface area contributed by atoms with Crippen LogP contribution in [0.5, 0.6) is 0 Å². The second-order valence-corrected chi connectivity index (χ2v) is 5.11. The molecular formula is C12H17N5. The first-order valence-electron chi connectivity index (χ1n) is 5.50. The Balaban J connectivity index is 2.57. The van der Waals surface area contributed by atoms with Crippen molar-refractivity contribution in [3.63, 3.8) is 0 Å². The zero-order valence-corrected chi connectivity index (χ0v) is 10.6. The lowest BCUT2D eigenvalue weighted by atomic mass is 9.95. The third-order valence-electron chi connectivity index (χ3n) is 2.47. The quantitative estimate of drug-likeness (QED) is 0.811. The normalized spacial score (nSPS) is 11.8. The number of hydrogen-bond acceptors (Lipinski definition) is 4. The molecule has 5 heteroatoms. The van der Waals surface area contributed by atoms with Crippen LogP contribution in [0.1, 0.15) is 26.6 Å². The van der Waals surface area contributed by atoms with Gasteiger partial charge in [0.25, 0.3) is 0 Å². The number of aryl methyl sites for hydroxylation is 1. The van der Waals surface area contributed by atoms with E-state index in [-0.39, 0.29) is 5.41 Å². The monoisotopic (exact) mass is 231 g/mol. The molecule has 0 amide bonds. The molecule has 0 fully saturated rings. The fourth-order valence-corrected chi connectivity index (χ4v) is 1.53. The van der Waals surface area contributed by atoms with Crippen LogP contribution >= 0.6 is 0 Å². The van der Waals surface area contributed by atoms with Gasteiger partial charge in [0, 0.05) is 30.9 Å². The van der Waals surface area contributed by atoms with Gasteiger partial charge in [0.05, 0.1) is 0 Å². The molecule has 0 aliphatic carbocycles. The van der Waals surface area contributed by atoms with Crippen LogP contribution in [0.4, 0.5) is 5.82 Å². The van der Waals surface area contributed by atoms with Gasteiger partial charge >= 0.3 is 0 Å². The van der Waals surface area contributed by atoms with Gasteiger partial charge in [-0.3, -0.25) is 0 Å². The Bertz CT molecular complexity index is 536. The third kappa shape index (κ3) is 2.27. The molecule has 17 heavy (non-hydrogen) atoms. The first-order valence-corrected chi connectivity index (χ1v) is 5.50. The highest BCUT2D eigenvalue weighted by Gasteiger charge is 2.19. The summed E-state index contributed by atoms with van der Waals surface area (Å²) in [5.41, 5.74) is 6.45. The summed E-state index contributed by atoms with van der Waals surface area (Å²) in [4.78, 5) is 13.1. The van der Waals surface area contributed by atoms with Crippen LogP contribution < -0.4 is 5.73 Å².